The van der Waals surface area contributed by atoms with Crippen LogP contribution in [0.1, 0.15) is 84.0 Å². The van der Waals surface area contributed by atoms with E-state index in [4.69, 9.17) is 18.9 Å². The van der Waals surface area contributed by atoms with Crippen molar-refractivity contribution in [2.75, 3.05) is 39.6 Å². The average molecular weight is 557 g/mol. The SMILES string of the molecule is C=C(C)C(=O)OCCOC(=O)CCCCCOCCCCC(=O)CCCCCOC(=O)NCCC[Si](C)C. The molecule has 0 aliphatic rings. The number of nitrogens with one attached hydrogen (secondary N) is 1. The lowest BCUT2D eigenvalue weighted by Crippen LogP contribution is -2.26. The van der Waals surface area contributed by atoms with Gasteiger partial charge in [0.05, 0.1) is 6.61 Å². The molecule has 38 heavy (non-hydrogen) atoms. The number of carbonyl (C=O) groups excluding carboxylic acids is 4. The predicted molar refractivity (Wildman–Crippen MR) is 150 cm³/mol. The summed E-state index contributed by atoms with van der Waals surface area (Å²) in [4.78, 5) is 46.4. The van der Waals surface area contributed by atoms with Crippen molar-refractivity contribution in [1.29, 1.82) is 0 Å². The Kier molecular flexibility index (Phi) is 23.6. The summed E-state index contributed by atoms with van der Waals surface area (Å²) in [6, 6.07) is 1.19. The van der Waals surface area contributed by atoms with Gasteiger partial charge in [0.25, 0.3) is 0 Å². The summed E-state index contributed by atoms with van der Waals surface area (Å²) in [7, 11) is -0.236. The maximum Gasteiger partial charge on any atom is 0.407 e. The fourth-order valence-corrected chi connectivity index (χ4v) is 4.22. The van der Waals surface area contributed by atoms with Crippen molar-refractivity contribution in [3.8, 4) is 0 Å². The van der Waals surface area contributed by atoms with Crippen LogP contribution < -0.4 is 5.32 Å². The highest BCUT2D eigenvalue weighted by molar-refractivity contribution is 6.55. The molecule has 0 aromatic carbocycles. The fraction of sp³-hybridized carbons (Fsp3) is 0.786. The monoisotopic (exact) mass is 556 g/mol. The molecule has 0 saturated heterocycles. The molecule has 0 aliphatic carbocycles. The highest BCUT2D eigenvalue weighted by atomic mass is 28.3. The minimum atomic E-state index is -0.489. The van der Waals surface area contributed by atoms with Gasteiger partial charge >= 0.3 is 18.0 Å². The van der Waals surface area contributed by atoms with Gasteiger partial charge in [0.15, 0.2) is 0 Å². The van der Waals surface area contributed by atoms with Gasteiger partial charge in [-0.05, 0) is 58.3 Å². The molecule has 0 rings (SSSR count). The predicted octanol–water partition coefficient (Wildman–Crippen LogP) is 5.40. The molecule has 0 spiro atoms. The van der Waals surface area contributed by atoms with Gasteiger partial charge in [-0.25, -0.2) is 9.59 Å². The first-order valence-electron chi connectivity index (χ1n) is 14.0. The number of unbranched alkanes of at least 4 members (excludes halogenated alkanes) is 5. The van der Waals surface area contributed by atoms with Crippen LogP contribution in [0.2, 0.25) is 19.1 Å². The Bertz CT molecular complexity index is 684. The van der Waals surface area contributed by atoms with Gasteiger partial charge in [-0.2, -0.15) is 0 Å². The zero-order chi connectivity index (χ0) is 28.4. The van der Waals surface area contributed by atoms with E-state index in [1.807, 2.05) is 0 Å². The van der Waals surface area contributed by atoms with Crippen molar-refractivity contribution < 1.29 is 38.1 Å². The van der Waals surface area contributed by atoms with E-state index in [0.29, 0.717) is 51.2 Å². The molecule has 0 aliphatic heterocycles. The number of rotatable bonds is 25. The topological polar surface area (TPSA) is 117 Å². The van der Waals surface area contributed by atoms with E-state index in [2.05, 4.69) is 25.0 Å². The van der Waals surface area contributed by atoms with Crippen molar-refractivity contribution in [2.45, 2.75) is 103 Å². The minimum Gasteiger partial charge on any atom is -0.462 e. The molecule has 1 N–H and O–H groups in total. The van der Waals surface area contributed by atoms with Gasteiger partial charge < -0.3 is 24.3 Å². The first-order valence-corrected chi connectivity index (χ1v) is 16.7. The summed E-state index contributed by atoms with van der Waals surface area (Å²) in [6.07, 6.45) is 8.77. The second kappa shape index (κ2) is 25.1. The molecule has 1 radical (unpaired) electrons. The Hall–Kier alpha value is -2.20. The normalized spacial score (nSPS) is 10.7. The van der Waals surface area contributed by atoms with E-state index in [9.17, 15) is 19.2 Å². The molecule has 0 aromatic heterocycles. The molecule has 0 unspecified atom stereocenters. The molecule has 1 amide bonds. The summed E-state index contributed by atoms with van der Waals surface area (Å²) < 4.78 is 20.6. The van der Waals surface area contributed by atoms with Gasteiger partial charge in [-0.3, -0.25) is 9.59 Å². The quantitative estimate of drug-likeness (QED) is 0.0522. The minimum absolute atomic E-state index is 0.0348. The third kappa shape index (κ3) is 25.4. The largest absolute Gasteiger partial charge is 0.462 e. The van der Waals surface area contributed by atoms with Gasteiger partial charge in [0.2, 0.25) is 0 Å². The smallest absolute Gasteiger partial charge is 0.407 e. The fourth-order valence-electron chi connectivity index (χ4n) is 3.34. The van der Waals surface area contributed by atoms with Gasteiger partial charge in [-0.15, -0.1) is 0 Å². The summed E-state index contributed by atoms with van der Waals surface area (Å²) in [5, 5.41) is 2.77. The summed E-state index contributed by atoms with van der Waals surface area (Å²) in [5.41, 5.74) is 0.313. The van der Waals surface area contributed by atoms with E-state index in [1.165, 1.54) is 6.04 Å². The lowest BCUT2D eigenvalue weighted by Gasteiger charge is -2.07. The molecular formula is C28H50NO8Si. The first-order chi connectivity index (χ1) is 18.2. The zero-order valence-electron chi connectivity index (χ0n) is 23.9. The summed E-state index contributed by atoms with van der Waals surface area (Å²) in [5.74, 6) is -0.513. The number of hydrogen-bond donors (Lipinski definition) is 1. The lowest BCUT2D eigenvalue weighted by molar-refractivity contribution is -0.150. The standard InChI is InChI=1S/C28H50NO8Si/c1-24(2)27(32)36-22-21-35-26(31)16-8-6-10-18-34-19-12-9-15-25(30)14-7-5-11-20-37-28(33)29-17-13-23-38(3)4/h1,5-23H2,2-4H3,(H,29,33). The number of hydrogen-bond acceptors (Lipinski definition) is 8. The van der Waals surface area contributed by atoms with Gasteiger partial charge in [0.1, 0.15) is 19.0 Å². The van der Waals surface area contributed by atoms with Crippen molar-refractivity contribution in [1.82, 2.24) is 5.32 Å². The van der Waals surface area contributed by atoms with Crippen molar-refractivity contribution in [3.05, 3.63) is 12.2 Å². The van der Waals surface area contributed by atoms with Gasteiger partial charge in [-0.1, -0.05) is 32.1 Å². The molecule has 0 fully saturated rings. The second-order valence-corrected chi connectivity index (χ2v) is 12.7. The van der Waals surface area contributed by atoms with Crippen molar-refractivity contribution >= 4 is 32.6 Å². The summed E-state index contributed by atoms with van der Waals surface area (Å²) >= 11 is 0. The van der Waals surface area contributed by atoms with E-state index in [-0.39, 0.29) is 39.9 Å². The van der Waals surface area contributed by atoms with Crippen molar-refractivity contribution in [2.24, 2.45) is 0 Å². The molecule has 0 saturated carbocycles. The third-order valence-electron chi connectivity index (χ3n) is 5.55. The summed E-state index contributed by atoms with van der Waals surface area (Å²) in [6.45, 7) is 12.0. The van der Waals surface area contributed by atoms with E-state index in [0.717, 1.165) is 57.8 Å². The second-order valence-electron chi connectivity index (χ2n) is 9.74. The first kappa shape index (κ1) is 35.8. The molecule has 9 nitrogen and oxygen atoms in total. The highest BCUT2D eigenvalue weighted by Gasteiger charge is 2.06. The van der Waals surface area contributed by atoms with Crippen LogP contribution in [-0.2, 0) is 33.3 Å². The Morgan fingerprint density at radius 3 is 1.92 bits per heavy atom. The Balaban J connectivity index is 3.38. The van der Waals surface area contributed by atoms with E-state index < -0.39 is 5.97 Å². The number of Topliss-reactive ketones (excluding diaryl/α,β-unsaturated/α-hetero) is 1. The van der Waals surface area contributed by atoms with Crippen LogP contribution in [0.15, 0.2) is 12.2 Å². The zero-order valence-corrected chi connectivity index (χ0v) is 24.9. The lowest BCUT2D eigenvalue weighted by atomic mass is 10.1. The van der Waals surface area contributed by atoms with Crippen LogP contribution in [0.3, 0.4) is 0 Å². The molecule has 0 atom stereocenters. The Morgan fingerprint density at radius 1 is 0.684 bits per heavy atom. The number of ether oxygens (including phenoxy) is 4. The van der Waals surface area contributed by atoms with Gasteiger partial charge in [0, 0.05) is 53.4 Å². The Morgan fingerprint density at radius 2 is 1.26 bits per heavy atom. The number of amides is 1. The molecule has 219 valence electrons. The maximum atomic E-state index is 12.0. The molecule has 0 aromatic rings. The Labute approximate surface area is 231 Å². The van der Waals surface area contributed by atoms with E-state index >= 15 is 0 Å². The van der Waals surface area contributed by atoms with Crippen LogP contribution in [0.4, 0.5) is 4.79 Å². The van der Waals surface area contributed by atoms with Crippen LogP contribution in [0.5, 0.6) is 0 Å². The van der Waals surface area contributed by atoms with Crippen LogP contribution >= 0.6 is 0 Å². The maximum absolute atomic E-state index is 12.0. The molecular weight excluding hydrogens is 506 g/mol. The third-order valence-corrected chi connectivity index (χ3v) is 6.90. The molecule has 0 heterocycles. The number of alkyl carbamates (subject to hydrolysis) is 1. The number of ketones is 1. The highest BCUT2D eigenvalue weighted by Crippen LogP contribution is 2.07. The van der Waals surface area contributed by atoms with Crippen LogP contribution in [-0.4, -0.2) is 72.2 Å². The van der Waals surface area contributed by atoms with Crippen molar-refractivity contribution in [3.63, 3.8) is 0 Å². The number of carbonyl (C=O) groups is 4. The molecule has 0 bridgehead atoms. The van der Waals surface area contributed by atoms with Crippen LogP contribution in [0, 0.1) is 0 Å². The van der Waals surface area contributed by atoms with Crippen LogP contribution in [0.25, 0.3) is 0 Å². The average Bonchev–Trinajstić information content (AvgIpc) is 2.87. The number of esters is 2. The van der Waals surface area contributed by atoms with E-state index in [1.54, 1.807) is 6.92 Å². The molecule has 10 heteroatoms.